The van der Waals surface area contributed by atoms with E-state index in [1.807, 2.05) is 19.1 Å². The summed E-state index contributed by atoms with van der Waals surface area (Å²) >= 11 is 0. The molecule has 70 valence electrons. The molecule has 4 heteroatoms. The Kier molecular flexibility index (Phi) is 1.96. The standard InChI is InChI=1S/C9H11NO3/c1-6-2-3-8(13-6)7-4-5-12-9(11)10-7/h2-3,7H,4-5H2,1H3,(H,10,11)/t7-/m1/s1. The van der Waals surface area contributed by atoms with Crippen LogP contribution in [0.15, 0.2) is 16.5 Å². The number of nitrogens with one attached hydrogen (secondary N) is 1. The number of carbonyl (C=O) groups excluding carboxylic acids is 1. The summed E-state index contributed by atoms with van der Waals surface area (Å²) in [7, 11) is 0. The van der Waals surface area contributed by atoms with E-state index in [1.165, 1.54) is 0 Å². The van der Waals surface area contributed by atoms with Gasteiger partial charge in [-0.15, -0.1) is 0 Å². The molecule has 1 amide bonds. The van der Waals surface area contributed by atoms with Crippen LogP contribution in [-0.2, 0) is 4.74 Å². The van der Waals surface area contributed by atoms with Crippen LogP contribution in [-0.4, -0.2) is 12.7 Å². The molecule has 13 heavy (non-hydrogen) atoms. The molecule has 0 spiro atoms. The van der Waals surface area contributed by atoms with E-state index in [2.05, 4.69) is 5.32 Å². The molecule has 0 unspecified atom stereocenters. The van der Waals surface area contributed by atoms with Crippen molar-refractivity contribution in [2.75, 3.05) is 6.61 Å². The summed E-state index contributed by atoms with van der Waals surface area (Å²) in [4.78, 5) is 10.9. The molecule has 1 aliphatic rings. The van der Waals surface area contributed by atoms with Gasteiger partial charge in [0.1, 0.15) is 11.5 Å². The topological polar surface area (TPSA) is 51.5 Å². The number of furan rings is 1. The molecule has 1 N–H and O–H groups in total. The van der Waals surface area contributed by atoms with E-state index in [9.17, 15) is 4.79 Å². The fourth-order valence-electron chi connectivity index (χ4n) is 1.38. The molecule has 1 atom stereocenters. The number of amides is 1. The first kappa shape index (κ1) is 8.16. The van der Waals surface area contributed by atoms with E-state index in [4.69, 9.17) is 9.15 Å². The second kappa shape index (κ2) is 3.12. The Morgan fingerprint density at radius 2 is 2.38 bits per heavy atom. The first-order chi connectivity index (χ1) is 6.25. The van der Waals surface area contributed by atoms with Crippen molar-refractivity contribution in [1.82, 2.24) is 5.32 Å². The minimum Gasteiger partial charge on any atom is -0.464 e. The van der Waals surface area contributed by atoms with E-state index in [-0.39, 0.29) is 12.1 Å². The average molecular weight is 181 g/mol. The number of carbonyl (C=O) groups is 1. The zero-order valence-corrected chi connectivity index (χ0v) is 7.37. The lowest BCUT2D eigenvalue weighted by Gasteiger charge is -2.21. The van der Waals surface area contributed by atoms with Gasteiger partial charge in [-0.05, 0) is 19.1 Å². The molecule has 2 heterocycles. The van der Waals surface area contributed by atoms with Crippen LogP contribution in [0.4, 0.5) is 4.79 Å². The van der Waals surface area contributed by atoms with E-state index < -0.39 is 0 Å². The van der Waals surface area contributed by atoms with Crippen LogP contribution < -0.4 is 5.32 Å². The van der Waals surface area contributed by atoms with Crippen molar-refractivity contribution in [3.8, 4) is 0 Å². The maximum Gasteiger partial charge on any atom is 0.407 e. The van der Waals surface area contributed by atoms with Gasteiger partial charge in [-0.1, -0.05) is 0 Å². The molecule has 0 radical (unpaired) electrons. The number of alkyl carbamates (subject to hydrolysis) is 1. The van der Waals surface area contributed by atoms with Gasteiger partial charge in [-0.2, -0.15) is 0 Å². The lowest BCUT2D eigenvalue weighted by Crippen LogP contribution is -2.35. The maximum absolute atomic E-state index is 10.9. The molecule has 1 aromatic heterocycles. The predicted molar refractivity (Wildman–Crippen MR) is 45.3 cm³/mol. The van der Waals surface area contributed by atoms with E-state index in [1.54, 1.807) is 0 Å². The number of hydrogen-bond donors (Lipinski definition) is 1. The van der Waals surface area contributed by atoms with Gasteiger partial charge in [0.15, 0.2) is 0 Å². The van der Waals surface area contributed by atoms with Crippen molar-refractivity contribution >= 4 is 6.09 Å². The number of hydrogen-bond acceptors (Lipinski definition) is 3. The summed E-state index contributed by atoms with van der Waals surface area (Å²) in [6.45, 7) is 2.33. The summed E-state index contributed by atoms with van der Waals surface area (Å²) in [5.74, 6) is 1.66. The van der Waals surface area contributed by atoms with Crippen molar-refractivity contribution in [3.05, 3.63) is 23.7 Å². The number of aryl methyl sites for hydroxylation is 1. The molecule has 0 bridgehead atoms. The highest BCUT2D eigenvalue weighted by Gasteiger charge is 2.22. The van der Waals surface area contributed by atoms with E-state index in [0.29, 0.717) is 6.61 Å². The van der Waals surface area contributed by atoms with Crippen LogP contribution in [0.3, 0.4) is 0 Å². The monoisotopic (exact) mass is 181 g/mol. The quantitative estimate of drug-likeness (QED) is 0.718. The maximum atomic E-state index is 10.9. The summed E-state index contributed by atoms with van der Waals surface area (Å²) in [5, 5.41) is 2.69. The summed E-state index contributed by atoms with van der Waals surface area (Å²) < 4.78 is 10.1. The third-order valence-electron chi connectivity index (χ3n) is 2.04. The number of cyclic esters (lactones) is 1. The van der Waals surface area contributed by atoms with Gasteiger partial charge in [0, 0.05) is 6.42 Å². The van der Waals surface area contributed by atoms with E-state index in [0.717, 1.165) is 17.9 Å². The zero-order valence-electron chi connectivity index (χ0n) is 7.37. The van der Waals surface area contributed by atoms with Crippen molar-refractivity contribution in [2.45, 2.75) is 19.4 Å². The molecule has 4 nitrogen and oxygen atoms in total. The molecule has 0 saturated carbocycles. The minimum atomic E-state index is -0.370. The first-order valence-corrected chi connectivity index (χ1v) is 4.25. The predicted octanol–water partition coefficient (Wildman–Crippen LogP) is 1.76. The van der Waals surface area contributed by atoms with Crippen LogP contribution in [0, 0.1) is 6.92 Å². The van der Waals surface area contributed by atoms with Crippen molar-refractivity contribution < 1.29 is 13.9 Å². The summed E-state index contributed by atoms with van der Waals surface area (Å²) in [6, 6.07) is 3.73. The first-order valence-electron chi connectivity index (χ1n) is 4.25. The Morgan fingerprint density at radius 1 is 1.54 bits per heavy atom. The lowest BCUT2D eigenvalue weighted by atomic mass is 10.1. The van der Waals surface area contributed by atoms with Gasteiger partial charge in [-0.25, -0.2) is 4.79 Å². The molecule has 1 aliphatic heterocycles. The molecule has 1 fully saturated rings. The third kappa shape index (κ3) is 1.66. The molecular formula is C9H11NO3. The second-order valence-corrected chi connectivity index (χ2v) is 3.07. The fraction of sp³-hybridized carbons (Fsp3) is 0.444. The highest BCUT2D eigenvalue weighted by Crippen LogP contribution is 2.21. The Balaban J connectivity index is 2.12. The van der Waals surface area contributed by atoms with Crippen molar-refractivity contribution in [3.63, 3.8) is 0 Å². The van der Waals surface area contributed by atoms with Gasteiger partial charge in [-0.3, -0.25) is 0 Å². The Morgan fingerprint density at radius 3 is 3.00 bits per heavy atom. The Bertz CT molecular complexity index is 318. The lowest BCUT2D eigenvalue weighted by molar-refractivity contribution is 0.111. The third-order valence-corrected chi connectivity index (χ3v) is 2.04. The summed E-state index contributed by atoms with van der Waals surface area (Å²) in [5.41, 5.74) is 0. The van der Waals surface area contributed by atoms with Crippen LogP contribution in [0.5, 0.6) is 0 Å². The Labute approximate surface area is 75.9 Å². The van der Waals surface area contributed by atoms with Crippen LogP contribution in [0.25, 0.3) is 0 Å². The number of ether oxygens (including phenoxy) is 1. The summed E-state index contributed by atoms with van der Waals surface area (Å²) in [6.07, 6.45) is 0.393. The van der Waals surface area contributed by atoms with Crippen LogP contribution in [0.2, 0.25) is 0 Å². The SMILES string of the molecule is Cc1ccc([C@H]2CCOC(=O)N2)o1. The van der Waals surface area contributed by atoms with Crippen molar-refractivity contribution in [2.24, 2.45) is 0 Å². The largest absolute Gasteiger partial charge is 0.464 e. The smallest absolute Gasteiger partial charge is 0.407 e. The van der Waals surface area contributed by atoms with Crippen LogP contribution >= 0.6 is 0 Å². The molecular weight excluding hydrogens is 170 g/mol. The zero-order chi connectivity index (χ0) is 9.26. The molecule has 1 saturated heterocycles. The van der Waals surface area contributed by atoms with Gasteiger partial charge < -0.3 is 14.5 Å². The Hall–Kier alpha value is -1.45. The minimum absolute atomic E-state index is 0.0325. The number of rotatable bonds is 1. The van der Waals surface area contributed by atoms with Crippen LogP contribution in [0.1, 0.15) is 24.0 Å². The molecule has 2 rings (SSSR count). The highest BCUT2D eigenvalue weighted by atomic mass is 16.6. The highest BCUT2D eigenvalue weighted by molar-refractivity contribution is 5.68. The van der Waals surface area contributed by atoms with Gasteiger partial charge in [0.05, 0.1) is 12.6 Å². The van der Waals surface area contributed by atoms with Crippen molar-refractivity contribution in [1.29, 1.82) is 0 Å². The van der Waals surface area contributed by atoms with E-state index >= 15 is 0 Å². The van der Waals surface area contributed by atoms with Gasteiger partial charge in [0.2, 0.25) is 0 Å². The van der Waals surface area contributed by atoms with Gasteiger partial charge >= 0.3 is 6.09 Å². The molecule has 1 aromatic rings. The molecule has 0 aliphatic carbocycles. The van der Waals surface area contributed by atoms with Gasteiger partial charge in [0.25, 0.3) is 0 Å². The molecule has 0 aromatic carbocycles. The second-order valence-electron chi connectivity index (χ2n) is 3.07. The fourth-order valence-corrected chi connectivity index (χ4v) is 1.38. The normalized spacial score (nSPS) is 22.2. The average Bonchev–Trinajstić information content (AvgIpc) is 2.52.